The first-order chi connectivity index (χ1) is 9.90. The predicted molar refractivity (Wildman–Crippen MR) is 82.5 cm³/mol. The Balaban J connectivity index is 2.58. The molecule has 0 saturated carbocycles. The number of carboxylic acids is 1. The molecule has 1 aromatic carbocycles. The Hall–Kier alpha value is -1.69. The summed E-state index contributed by atoms with van der Waals surface area (Å²) >= 11 is 0. The fourth-order valence-corrected chi connectivity index (χ4v) is 3.12. The van der Waals surface area contributed by atoms with Gasteiger partial charge in [-0.1, -0.05) is 30.3 Å². The largest absolute Gasteiger partial charge is 0.480 e. The molecular weight excluding hydrogens is 290 g/mol. The van der Waals surface area contributed by atoms with Crippen LogP contribution in [0.1, 0.15) is 25.8 Å². The minimum Gasteiger partial charge on any atom is -0.480 e. The highest BCUT2D eigenvalue weighted by Crippen LogP contribution is 2.09. The van der Waals surface area contributed by atoms with Crippen molar-refractivity contribution in [2.75, 3.05) is 5.75 Å². The maximum Gasteiger partial charge on any atom is 0.319 e. The van der Waals surface area contributed by atoms with Gasteiger partial charge in [-0.05, 0) is 25.8 Å². The first-order valence-electron chi connectivity index (χ1n) is 6.83. The Labute approximate surface area is 127 Å². The lowest BCUT2D eigenvalue weighted by atomic mass is 10.1. The maximum absolute atomic E-state index is 12.1. The number of aliphatic carboxylic acids is 1. The molecule has 0 aliphatic heterocycles. The second-order valence-electron chi connectivity index (χ2n) is 5.07. The maximum atomic E-state index is 12.1. The van der Waals surface area contributed by atoms with Crippen LogP contribution in [0.15, 0.2) is 30.3 Å². The van der Waals surface area contributed by atoms with Gasteiger partial charge in [0, 0.05) is 29.0 Å². The van der Waals surface area contributed by atoms with E-state index in [9.17, 15) is 18.9 Å². The molecule has 0 aliphatic carbocycles. The van der Waals surface area contributed by atoms with E-state index in [2.05, 4.69) is 5.32 Å². The second kappa shape index (κ2) is 8.56. The summed E-state index contributed by atoms with van der Waals surface area (Å²) in [4.78, 5) is 22.8. The fourth-order valence-electron chi connectivity index (χ4n) is 1.85. The summed E-state index contributed by atoms with van der Waals surface area (Å²) in [5.74, 6) is -1.24. The van der Waals surface area contributed by atoms with Crippen LogP contribution in [0.25, 0.3) is 0 Å². The molecule has 1 aromatic rings. The van der Waals surface area contributed by atoms with E-state index in [-0.39, 0.29) is 30.5 Å². The molecule has 21 heavy (non-hydrogen) atoms. The third-order valence-electron chi connectivity index (χ3n) is 2.84. The number of carbonyl (C=O) groups is 2. The predicted octanol–water partition coefficient (Wildman–Crippen LogP) is 1.35. The molecule has 0 saturated heterocycles. The minimum absolute atomic E-state index is 0.0190. The average Bonchev–Trinajstić information content (AvgIpc) is 2.42. The number of hydrogen-bond donors (Lipinski definition) is 2. The molecule has 2 atom stereocenters. The van der Waals surface area contributed by atoms with Gasteiger partial charge in [-0.15, -0.1) is 0 Å². The lowest BCUT2D eigenvalue weighted by Crippen LogP contribution is -2.34. The number of carboxylic acid groups (broad SMARTS) is 1. The summed E-state index contributed by atoms with van der Waals surface area (Å²) in [7, 11) is -1.58. The molecule has 0 fully saturated rings. The molecular formula is C15H21NO4S. The summed E-state index contributed by atoms with van der Waals surface area (Å²) in [5, 5.41) is 10.9. The van der Waals surface area contributed by atoms with E-state index in [4.69, 9.17) is 0 Å². The van der Waals surface area contributed by atoms with Crippen LogP contribution in [-0.2, 0) is 26.8 Å². The topological polar surface area (TPSA) is 83.5 Å². The van der Waals surface area contributed by atoms with Crippen molar-refractivity contribution in [1.82, 2.24) is 5.32 Å². The quantitative estimate of drug-likeness (QED) is 0.759. The zero-order chi connectivity index (χ0) is 15.8. The van der Waals surface area contributed by atoms with Crippen LogP contribution >= 0.6 is 0 Å². The Morgan fingerprint density at radius 2 is 1.86 bits per heavy atom. The van der Waals surface area contributed by atoms with Crippen LogP contribution in [0.4, 0.5) is 0 Å². The molecule has 0 heterocycles. The van der Waals surface area contributed by atoms with Crippen molar-refractivity contribution in [3.05, 3.63) is 35.9 Å². The Bertz CT molecular complexity index is 502. The molecule has 0 bridgehead atoms. The Morgan fingerprint density at radius 3 is 2.38 bits per heavy atom. The molecule has 1 amide bonds. The Morgan fingerprint density at radius 1 is 1.24 bits per heavy atom. The van der Waals surface area contributed by atoms with Crippen molar-refractivity contribution in [3.8, 4) is 0 Å². The summed E-state index contributed by atoms with van der Waals surface area (Å²) in [6, 6.07) is 9.09. The molecule has 0 spiro atoms. The third-order valence-corrected chi connectivity index (χ3v) is 4.45. The molecule has 0 aromatic heterocycles. The van der Waals surface area contributed by atoms with Crippen LogP contribution in [0.2, 0.25) is 0 Å². The molecule has 2 N–H and O–H groups in total. The monoisotopic (exact) mass is 311 g/mol. The summed E-state index contributed by atoms with van der Waals surface area (Å²) in [6.45, 7) is 3.68. The van der Waals surface area contributed by atoms with Crippen molar-refractivity contribution in [1.29, 1.82) is 0 Å². The van der Waals surface area contributed by atoms with Crippen molar-refractivity contribution in [2.45, 2.75) is 38.0 Å². The molecule has 2 unspecified atom stereocenters. The van der Waals surface area contributed by atoms with E-state index in [1.54, 1.807) is 12.1 Å². The summed E-state index contributed by atoms with van der Waals surface area (Å²) < 4.78 is 12.1. The van der Waals surface area contributed by atoms with Gasteiger partial charge < -0.3 is 10.4 Å². The van der Waals surface area contributed by atoms with Crippen LogP contribution in [0, 0.1) is 0 Å². The molecule has 5 nitrogen and oxygen atoms in total. The first kappa shape index (κ1) is 17.4. The van der Waals surface area contributed by atoms with Crippen molar-refractivity contribution < 1.29 is 18.9 Å². The minimum atomic E-state index is -1.58. The van der Waals surface area contributed by atoms with Gasteiger partial charge in [0.25, 0.3) is 0 Å². The van der Waals surface area contributed by atoms with Gasteiger partial charge in [-0.3, -0.25) is 13.8 Å². The second-order valence-corrected chi connectivity index (χ2v) is 6.81. The zero-order valence-corrected chi connectivity index (χ0v) is 13.1. The smallest absolute Gasteiger partial charge is 0.319 e. The SMILES string of the molecule is CC(C)NC(=O)CCS(=O)C(Cc1ccccc1)C(=O)O. The van der Waals surface area contributed by atoms with Gasteiger partial charge in [0.15, 0.2) is 0 Å². The Kier molecular flexibility index (Phi) is 7.08. The highest BCUT2D eigenvalue weighted by molar-refractivity contribution is 7.86. The van der Waals surface area contributed by atoms with E-state index in [1.807, 2.05) is 32.0 Å². The van der Waals surface area contributed by atoms with Gasteiger partial charge in [0.1, 0.15) is 5.25 Å². The van der Waals surface area contributed by atoms with Crippen molar-refractivity contribution in [3.63, 3.8) is 0 Å². The fraction of sp³-hybridized carbons (Fsp3) is 0.467. The van der Waals surface area contributed by atoms with Gasteiger partial charge in [0.2, 0.25) is 5.91 Å². The van der Waals surface area contributed by atoms with Gasteiger partial charge in [0.05, 0.1) is 0 Å². The number of carbonyl (C=O) groups excluding carboxylic acids is 1. The van der Waals surface area contributed by atoms with Crippen LogP contribution < -0.4 is 5.32 Å². The number of nitrogens with one attached hydrogen (secondary N) is 1. The van der Waals surface area contributed by atoms with Crippen molar-refractivity contribution in [2.24, 2.45) is 0 Å². The number of rotatable bonds is 8. The zero-order valence-electron chi connectivity index (χ0n) is 12.2. The first-order valence-corrected chi connectivity index (χ1v) is 8.21. The number of amides is 1. The van der Waals surface area contributed by atoms with Gasteiger partial charge in [-0.25, -0.2) is 0 Å². The van der Waals surface area contributed by atoms with Crippen molar-refractivity contribution >= 4 is 22.7 Å². The summed E-state index contributed by atoms with van der Waals surface area (Å²) in [5.41, 5.74) is 0.824. The number of benzene rings is 1. The average molecular weight is 311 g/mol. The van der Waals surface area contributed by atoms with E-state index in [1.165, 1.54) is 0 Å². The molecule has 116 valence electrons. The molecule has 0 radical (unpaired) electrons. The van der Waals surface area contributed by atoms with Gasteiger partial charge in [-0.2, -0.15) is 0 Å². The van der Waals surface area contributed by atoms with E-state index in [0.717, 1.165) is 5.56 Å². The standard InChI is InChI=1S/C15H21NO4S/c1-11(2)16-14(17)8-9-21(20)13(15(18)19)10-12-6-4-3-5-7-12/h3-7,11,13H,8-10H2,1-2H3,(H,16,17)(H,18,19). The van der Waals surface area contributed by atoms with E-state index in [0.29, 0.717) is 0 Å². The van der Waals surface area contributed by atoms with Gasteiger partial charge >= 0.3 is 5.97 Å². The third kappa shape index (κ3) is 6.53. The van der Waals surface area contributed by atoms with E-state index >= 15 is 0 Å². The normalized spacial score (nSPS) is 13.7. The molecule has 1 rings (SSSR count). The highest BCUT2D eigenvalue weighted by atomic mass is 32.2. The highest BCUT2D eigenvalue weighted by Gasteiger charge is 2.25. The van der Waals surface area contributed by atoms with Crippen LogP contribution in [-0.4, -0.2) is 38.2 Å². The lowest BCUT2D eigenvalue weighted by molar-refractivity contribution is -0.136. The molecule has 6 heteroatoms. The van der Waals surface area contributed by atoms with E-state index < -0.39 is 22.0 Å². The molecule has 0 aliphatic rings. The lowest BCUT2D eigenvalue weighted by Gasteiger charge is -2.13. The summed E-state index contributed by atoms with van der Waals surface area (Å²) in [6.07, 6.45) is 0.276. The van der Waals surface area contributed by atoms with Crippen LogP contribution in [0.3, 0.4) is 0 Å². The number of hydrogen-bond acceptors (Lipinski definition) is 3. The van der Waals surface area contributed by atoms with Crippen LogP contribution in [0.5, 0.6) is 0 Å².